The molecule has 2 amide bonds. The monoisotopic (exact) mass is 703 g/mol. The zero-order valence-electron chi connectivity index (χ0n) is 26.2. The van der Waals surface area contributed by atoms with Crippen molar-refractivity contribution in [3.8, 4) is 16.9 Å². The van der Waals surface area contributed by atoms with E-state index in [9.17, 15) is 31.2 Å². The second-order valence-corrected chi connectivity index (χ2v) is 12.6. The summed E-state index contributed by atoms with van der Waals surface area (Å²) in [6.45, 7) is 1.41. The average molecular weight is 704 g/mol. The van der Waals surface area contributed by atoms with E-state index in [1.54, 1.807) is 110 Å². The second kappa shape index (κ2) is 13.8. The van der Waals surface area contributed by atoms with Gasteiger partial charge in [-0.15, -0.1) is 0 Å². The van der Waals surface area contributed by atoms with Crippen molar-refractivity contribution in [3.63, 3.8) is 0 Å². The topological polar surface area (TPSA) is 127 Å². The summed E-state index contributed by atoms with van der Waals surface area (Å²) in [5.74, 6) is -0.847. The molecule has 2 N–H and O–H groups in total. The highest BCUT2D eigenvalue weighted by Crippen LogP contribution is 2.47. The zero-order chi connectivity index (χ0) is 35.5. The maximum absolute atomic E-state index is 13.9. The molecule has 0 unspecified atom stereocenters. The first-order valence-electron chi connectivity index (χ1n) is 15.0. The minimum Gasteiger partial charge on any atom is -0.443 e. The number of ether oxygens (including phenoxy) is 2. The van der Waals surface area contributed by atoms with Gasteiger partial charge >= 0.3 is 27.8 Å². The molecule has 6 rings (SSSR count). The second-order valence-electron chi connectivity index (χ2n) is 11.1. The number of aromatic nitrogens is 1. The van der Waals surface area contributed by atoms with Crippen LogP contribution >= 0.6 is 0 Å². The SMILES string of the molecule is Cc1ccc2[nH]c(N(NC(=O)OCc3ccccc3)C(=O)OCc3ccccc3)c(-c3c(OS(=O)(=O)C(F)(F)F)ccc4ccccc34)c2c1. The lowest BCUT2D eigenvalue weighted by molar-refractivity contribution is -0.0499. The minimum absolute atomic E-state index is 0.0351. The Hall–Kier alpha value is -6.02. The van der Waals surface area contributed by atoms with Crippen LogP contribution in [-0.4, -0.2) is 31.1 Å². The number of alkyl halides is 3. The van der Waals surface area contributed by atoms with Crippen molar-refractivity contribution in [1.82, 2.24) is 10.4 Å². The largest absolute Gasteiger partial charge is 0.534 e. The van der Waals surface area contributed by atoms with Gasteiger partial charge in [0.05, 0.1) is 0 Å². The van der Waals surface area contributed by atoms with Crippen LogP contribution in [0.15, 0.2) is 115 Å². The number of hydrogen-bond acceptors (Lipinski definition) is 7. The van der Waals surface area contributed by atoms with Crippen molar-refractivity contribution >= 4 is 49.8 Å². The summed E-state index contributed by atoms with van der Waals surface area (Å²) in [5.41, 5.74) is -1.03. The van der Waals surface area contributed by atoms with E-state index in [-0.39, 0.29) is 35.5 Å². The first-order valence-corrected chi connectivity index (χ1v) is 16.5. The molecule has 0 aliphatic heterocycles. The summed E-state index contributed by atoms with van der Waals surface area (Å²) in [7, 11) is -6.14. The van der Waals surface area contributed by atoms with Crippen molar-refractivity contribution in [2.24, 2.45) is 0 Å². The van der Waals surface area contributed by atoms with Crippen molar-refractivity contribution in [1.29, 1.82) is 0 Å². The highest BCUT2D eigenvalue weighted by atomic mass is 32.2. The van der Waals surface area contributed by atoms with Crippen LogP contribution in [0.4, 0.5) is 28.6 Å². The molecule has 6 aromatic rings. The number of H-pyrrole nitrogens is 1. The molecule has 0 radical (unpaired) electrons. The average Bonchev–Trinajstić information content (AvgIpc) is 3.46. The van der Waals surface area contributed by atoms with E-state index >= 15 is 0 Å². The maximum atomic E-state index is 13.9. The Kier molecular flexibility index (Phi) is 9.37. The molecule has 0 saturated heterocycles. The Morgan fingerprint density at radius 2 is 1.38 bits per heavy atom. The molecule has 0 saturated carbocycles. The Balaban J connectivity index is 1.53. The van der Waals surface area contributed by atoms with E-state index in [2.05, 4.69) is 10.4 Å². The van der Waals surface area contributed by atoms with Crippen LogP contribution in [0.5, 0.6) is 5.75 Å². The number of nitrogens with one attached hydrogen (secondary N) is 2. The van der Waals surface area contributed by atoms with Gasteiger partial charge in [-0.2, -0.15) is 26.6 Å². The number of aryl methyl sites for hydroxylation is 1. The van der Waals surface area contributed by atoms with E-state index in [1.807, 2.05) is 0 Å². The van der Waals surface area contributed by atoms with Crippen LogP contribution in [0.3, 0.4) is 0 Å². The Morgan fingerprint density at radius 1 is 0.760 bits per heavy atom. The number of carbonyl (C=O) groups is 2. The zero-order valence-corrected chi connectivity index (χ0v) is 27.0. The third-order valence-corrected chi connectivity index (χ3v) is 8.55. The molecule has 0 spiro atoms. The van der Waals surface area contributed by atoms with Crippen LogP contribution in [0, 0.1) is 6.92 Å². The predicted octanol–water partition coefficient (Wildman–Crippen LogP) is 8.51. The lowest BCUT2D eigenvalue weighted by Crippen LogP contribution is -2.47. The maximum Gasteiger partial charge on any atom is 0.534 e. The smallest absolute Gasteiger partial charge is 0.443 e. The first kappa shape index (κ1) is 33.9. The van der Waals surface area contributed by atoms with E-state index in [0.717, 1.165) is 16.6 Å². The van der Waals surface area contributed by atoms with Gasteiger partial charge in [0.1, 0.15) is 19.0 Å². The summed E-state index contributed by atoms with van der Waals surface area (Å²) in [6.07, 6.45) is -2.17. The number of anilines is 1. The third kappa shape index (κ3) is 7.20. The molecule has 10 nitrogen and oxygen atoms in total. The predicted molar refractivity (Wildman–Crippen MR) is 180 cm³/mol. The van der Waals surface area contributed by atoms with Crippen molar-refractivity contribution in [3.05, 3.63) is 132 Å². The molecule has 1 aromatic heterocycles. The molecule has 0 atom stereocenters. The number of nitrogens with zero attached hydrogens (tertiary/aromatic N) is 1. The van der Waals surface area contributed by atoms with Crippen LogP contribution < -0.4 is 14.6 Å². The van der Waals surface area contributed by atoms with Gasteiger partial charge in [-0.05, 0) is 47.0 Å². The molecular formula is C36H28F3N3O7S. The van der Waals surface area contributed by atoms with E-state index < -0.39 is 33.6 Å². The number of amides is 2. The lowest BCUT2D eigenvalue weighted by Gasteiger charge is -2.24. The number of hydrazine groups is 1. The van der Waals surface area contributed by atoms with Gasteiger partial charge in [-0.25, -0.2) is 15.0 Å². The number of carbonyl (C=O) groups excluding carboxylic acids is 2. The van der Waals surface area contributed by atoms with Crippen LogP contribution in [0.25, 0.3) is 32.8 Å². The standard InChI is InChI=1S/C36H28F3N3O7S/c1-23-16-18-29-28(20-23)32(31-27-15-9-8-14-26(27)17-19-30(31)49-50(45,46)36(37,38)39)33(40-29)42(35(44)48-22-25-12-6-3-7-13-25)41-34(43)47-21-24-10-4-2-5-11-24/h2-20,40H,21-22H2,1H3,(H,41,43). The van der Waals surface area contributed by atoms with Crippen molar-refractivity contribution in [2.75, 3.05) is 5.01 Å². The first-order chi connectivity index (χ1) is 23.9. The lowest BCUT2D eigenvalue weighted by atomic mass is 9.95. The van der Waals surface area contributed by atoms with E-state index in [1.165, 1.54) is 6.07 Å². The Bertz CT molecular complexity index is 2300. The van der Waals surface area contributed by atoms with Gasteiger partial charge in [0.2, 0.25) is 0 Å². The summed E-state index contributed by atoms with van der Waals surface area (Å²) in [5, 5.41) is 1.90. The summed E-state index contributed by atoms with van der Waals surface area (Å²) in [6, 6.07) is 31.6. The van der Waals surface area contributed by atoms with Crippen LogP contribution in [0.2, 0.25) is 0 Å². The number of benzene rings is 5. The summed E-state index contributed by atoms with van der Waals surface area (Å²) in [4.78, 5) is 30.2. The number of rotatable bonds is 8. The minimum atomic E-state index is -6.14. The summed E-state index contributed by atoms with van der Waals surface area (Å²) < 4.78 is 81.4. The van der Waals surface area contributed by atoms with Crippen molar-refractivity contribution in [2.45, 2.75) is 25.6 Å². The highest BCUT2D eigenvalue weighted by Gasteiger charge is 2.49. The van der Waals surface area contributed by atoms with E-state index in [4.69, 9.17) is 13.7 Å². The van der Waals surface area contributed by atoms with Gasteiger partial charge in [0.15, 0.2) is 5.75 Å². The molecular weight excluding hydrogens is 675 g/mol. The van der Waals surface area contributed by atoms with Crippen molar-refractivity contribution < 1.29 is 44.8 Å². The molecule has 1 heterocycles. The van der Waals surface area contributed by atoms with Gasteiger partial charge < -0.3 is 18.6 Å². The quantitative estimate of drug-likeness (QED) is 0.0925. The highest BCUT2D eigenvalue weighted by molar-refractivity contribution is 7.88. The van der Waals surface area contributed by atoms with Gasteiger partial charge in [-0.3, -0.25) is 0 Å². The number of aromatic amines is 1. The number of halogens is 3. The molecule has 14 heteroatoms. The normalized spacial score (nSPS) is 11.7. The summed E-state index contributed by atoms with van der Waals surface area (Å²) >= 11 is 0. The fourth-order valence-corrected chi connectivity index (χ4v) is 5.75. The third-order valence-electron chi connectivity index (χ3n) is 7.59. The Morgan fingerprint density at radius 3 is 2.04 bits per heavy atom. The molecule has 0 aliphatic rings. The van der Waals surface area contributed by atoms with E-state index in [0.29, 0.717) is 27.4 Å². The number of fused-ring (bicyclic) bond motifs is 2. The van der Waals surface area contributed by atoms with Gasteiger partial charge in [0.25, 0.3) is 0 Å². The molecule has 256 valence electrons. The molecule has 0 fully saturated rings. The van der Waals surface area contributed by atoms with Crippen LogP contribution in [-0.2, 0) is 32.8 Å². The fourth-order valence-electron chi connectivity index (χ4n) is 5.28. The molecule has 0 bridgehead atoms. The number of hydrogen-bond donors (Lipinski definition) is 2. The fraction of sp³-hybridized carbons (Fsp3) is 0.111. The molecule has 0 aliphatic carbocycles. The van der Waals surface area contributed by atoms with Crippen LogP contribution in [0.1, 0.15) is 16.7 Å². The molecule has 5 aromatic carbocycles. The van der Waals surface area contributed by atoms with Gasteiger partial charge in [0, 0.05) is 22.0 Å². The molecule has 50 heavy (non-hydrogen) atoms. The van der Waals surface area contributed by atoms with Gasteiger partial charge in [-0.1, -0.05) is 103 Å². The Labute approximate surface area is 284 Å².